The molecule has 6 heteroatoms. The minimum Gasteiger partial charge on any atom is -0.359 e. The normalized spacial score (nSPS) is 13.3. The summed E-state index contributed by atoms with van der Waals surface area (Å²) in [7, 11) is 0. The molecule has 0 saturated carbocycles. The molecule has 1 aliphatic rings. The second-order valence-corrected chi connectivity index (χ2v) is 15.1. The minimum absolute atomic E-state index is 0.0900. The Labute approximate surface area is 360 Å². The molecule has 0 bridgehead atoms. The van der Waals surface area contributed by atoms with Crippen molar-refractivity contribution >= 4 is 22.3 Å². The predicted octanol–water partition coefficient (Wildman–Crippen LogP) is 12.8. The highest BCUT2D eigenvalue weighted by molar-refractivity contribution is 6.05. The number of amidine groups is 1. The van der Waals surface area contributed by atoms with Crippen LogP contribution < -0.4 is 5.32 Å². The van der Waals surface area contributed by atoms with Gasteiger partial charge in [-0.05, 0) is 80.6 Å². The van der Waals surface area contributed by atoms with Gasteiger partial charge in [0.15, 0.2) is 5.82 Å². The molecule has 6 nitrogen and oxygen atoms in total. The molecule has 1 aliphatic heterocycles. The van der Waals surface area contributed by atoms with Crippen LogP contribution in [-0.2, 0) is 0 Å². The second-order valence-electron chi connectivity index (χ2n) is 15.1. The number of nitrogens with zero attached hydrogens (tertiary/aromatic N) is 5. The lowest BCUT2D eigenvalue weighted by Crippen LogP contribution is -2.31. The summed E-state index contributed by atoms with van der Waals surface area (Å²) in [6, 6.07) is 72.0. The highest BCUT2D eigenvalue weighted by atomic mass is 15.0. The fourth-order valence-electron chi connectivity index (χ4n) is 8.08. The summed E-state index contributed by atoms with van der Waals surface area (Å²) in [5.41, 5.74) is 13.9. The highest BCUT2D eigenvalue weighted by Crippen LogP contribution is 2.37. The maximum absolute atomic E-state index is 9.59. The number of fused-ring (bicyclic) bond motifs is 1. The summed E-state index contributed by atoms with van der Waals surface area (Å²) in [5, 5.41) is 25.1. The van der Waals surface area contributed by atoms with Crippen molar-refractivity contribution in [3.05, 3.63) is 234 Å². The van der Waals surface area contributed by atoms with E-state index in [4.69, 9.17) is 15.0 Å². The number of aromatic nitrogens is 2. The molecule has 0 radical (unpaired) electrons. The van der Waals surface area contributed by atoms with Gasteiger partial charge in [0.25, 0.3) is 0 Å². The fourth-order valence-corrected chi connectivity index (χ4v) is 8.08. The average Bonchev–Trinajstić information content (AvgIpc) is 3.36. The Hall–Kier alpha value is -8.71. The quantitative estimate of drug-likeness (QED) is 0.165. The molecule has 62 heavy (non-hydrogen) atoms. The van der Waals surface area contributed by atoms with Gasteiger partial charge in [0, 0.05) is 22.3 Å². The average molecular weight is 793 g/mol. The van der Waals surface area contributed by atoms with Gasteiger partial charge in [-0.25, -0.2) is 15.0 Å². The maximum atomic E-state index is 9.59. The van der Waals surface area contributed by atoms with Gasteiger partial charge in [-0.1, -0.05) is 170 Å². The maximum Gasteiger partial charge on any atom is 0.160 e. The fraction of sp³-hybridized carbons (Fsp3) is 0.0179. The second kappa shape index (κ2) is 16.5. The SMILES string of the molecule is N#Cc1cccc(C2=NC(c3ccc(-c4cccc5c(-c6ccc(-c7cc(-c8ccccc8)nc(-c8cccc(C#N)c8)n7)cc6)cccc45)cc3)=CC(c3ccccc3)N2)c1. The van der Waals surface area contributed by atoms with Crippen LogP contribution in [-0.4, -0.2) is 15.8 Å². The first-order valence-electron chi connectivity index (χ1n) is 20.4. The first-order chi connectivity index (χ1) is 30.6. The number of benzene rings is 8. The van der Waals surface area contributed by atoms with Crippen molar-refractivity contribution < 1.29 is 0 Å². The highest BCUT2D eigenvalue weighted by Gasteiger charge is 2.20. The standard InChI is InChI=1S/C56H36N6/c57-35-37-11-7-17-45(31-37)55-59-51(41-13-3-1-4-14-41)33-53(61-55)43-27-23-39(24-28-43)47-19-9-22-50-48(20-10-21-49(47)50)40-25-29-44(30-26-40)54-34-52(42-15-5-2-6-16-42)60-56(62-54)46-18-8-12-38(32-46)36-58/h1-34,51H,(H,59,61). The molecular formula is C56H36N6. The molecule has 0 fully saturated rings. The van der Waals surface area contributed by atoms with Gasteiger partial charge >= 0.3 is 0 Å². The first kappa shape index (κ1) is 37.6. The van der Waals surface area contributed by atoms with Crippen LogP contribution >= 0.6 is 0 Å². The van der Waals surface area contributed by atoms with Gasteiger partial charge in [0.05, 0.1) is 46.4 Å². The summed E-state index contributed by atoms with van der Waals surface area (Å²) in [6.07, 6.45) is 2.16. The third kappa shape index (κ3) is 7.53. The van der Waals surface area contributed by atoms with Crippen LogP contribution in [0.3, 0.4) is 0 Å². The van der Waals surface area contributed by atoms with Crippen molar-refractivity contribution in [1.29, 1.82) is 10.5 Å². The van der Waals surface area contributed by atoms with E-state index in [1.165, 1.54) is 0 Å². The molecule has 2 heterocycles. The van der Waals surface area contributed by atoms with E-state index in [1.807, 2.05) is 97.1 Å². The van der Waals surface area contributed by atoms with Crippen molar-refractivity contribution in [3.8, 4) is 68.3 Å². The molecule has 290 valence electrons. The molecule has 1 N–H and O–H groups in total. The summed E-state index contributed by atoms with van der Waals surface area (Å²) >= 11 is 0. The molecule has 8 aromatic carbocycles. The van der Waals surface area contributed by atoms with E-state index in [0.29, 0.717) is 17.0 Å². The lowest BCUT2D eigenvalue weighted by Gasteiger charge is -2.24. The summed E-state index contributed by atoms with van der Waals surface area (Å²) in [4.78, 5) is 15.0. The van der Waals surface area contributed by atoms with Crippen LogP contribution in [0.15, 0.2) is 211 Å². The molecule has 9 aromatic rings. The molecule has 0 aliphatic carbocycles. The number of aliphatic imine (C=N–C) groups is 1. The van der Waals surface area contributed by atoms with Gasteiger partial charge in [0.2, 0.25) is 0 Å². The molecule has 1 atom stereocenters. The Bertz CT molecular complexity index is 3270. The minimum atomic E-state index is -0.0900. The van der Waals surface area contributed by atoms with Crippen molar-refractivity contribution in [2.24, 2.45) is 4.99 Å². The van der Waals surface area contributed by atoms with Gasteiger partial charge in [-0.2, -0.15) is 10.5 Å². The van der Waals surface area contributed by atoms with E-state index in [-0.39, 0.29) is 6.04 Å². The molecule has 0 spiro atoms. The predicted molar refractivity (Wildman–Crippen MR) is 249 cm³/mol. The smallest absolute Gasteiger partial charge is 0.160 e. The Kier molecular flexibility index (Phi) is 10.00. The van der Waals surface area contributed by atoms with Crippen molar-refractivity contribution in [2.45, 2.75) is 6.04 Å². The van der Waals surface area contributed by atoms with E-state index in [9.17, 15) is 10.5 Å². The number of hydrogen-bond acceptors (Lipinski definition) is 6. The van der Waals surface area contributed by atoms with Crippen LogP contribution in [0, 0.1) is 22.7 Å². The third-order valence-corrected chi connectivity index (χ3v) is 11.2. The van der Waals surface area contributed by atoms with Crippen LogP contribution in [0.25, 0.3) is 72.6 Å². The van der Waals surface area contributed by atoms with E-state index >= 15 is 0 Å². The van der Waals surface area contributed by atoms with Gasteiger partial charge in [-0.3, -0.25) is 0 Å². The van der Waals surface area contributed by atoms with E-state index in [1.54, 1.807) is 6.07 Å². The van der Waals surface area contributed by atoms with Gasteiger partial charge in [-0.15, -0.1) is 0 Å². The zero-order valence-electron chi connectivity index (χ0n) is 33.4. The van der Waals surface area contributed by atoms with E-state index < -0.39 is 0 Å². The topological polar surface area (TPSA) is 97.8 Å². The van der Waals surface area contributed by atoms with Gasteiger partial charge < -0.3 is 5.32 Å². The number of rotatable bonds is 8. The number of nitrogens with one attached hydrogen (secondary N) is 1. The van der Waals surface area contributed by atoms with Crippen LogP contribution in [0.1, 0.15) is 33.9 Å². The summed E-state index contributed by atoms with van der Waals surface area (Å²) < 4.78 is 0. The Balaban J connectivity index is 0.973. The lowest BCUT2D eigenvalue weighted by molar-refractivity contribution is 0.781. The monoisotopic (exact) mass is 792 g/mol. The Morgan fingerprint density at radius 2 is 0.903 bits per heavy atom. The number of hydrogen-bond donors (Lipinski definition) is 1. The van der Waals surface area contributed by atoms with E-state index in [2.05, 4.69) is 121 Å². The molecular weight excluding hydrogens is 757 g/mol. The molecule has 0 saturated heterocycles. The van der Waals surface area contributed by atoms with Crippen LogP contribution in [0.2, 0.25) is 0 Å². The van der Waals surface area contributed by atoms with Crippen molar-refractivity contribution in [2.75, 3.05) is 0 Å². The Morgan fingerprint density at radius 1 is 0.419 bits per heavy atom. The van der Waals surface area contributed by atoms with Crippen LogP contribution in [0.4, 0.5) is 0 Å². The van der Waals surface area contributed by atoms with Crippen LogP contribution in [0.5, 0.6) is 0 Å². The zero-order chi connectivity index (χ0) is 41.8. The number of nitriles is 2. The van der Waals surface area contributed by atoms with Gasteiger partial charge in [0.1, 0.15) is 5.84 Å². The van der Waals surface area contributed by atoms with Crippen molar-refractivity contribution in [1.82, 2.24) is 15.3 Å². The largest absolute Gasteiger partial charge is 0.359 e. The molecule has 1 unspecified atom stereocenters. The molecule has 0 amide bonds. The molecule has 10 rings (SSSR count). The zero-order valence-corrected chi connectivity index (χ0v) is 33.4. The third-order valence-electron chi connectivity index (χ3n) is 11.2. The van der Waals surface area contributed by atoms with Crippen molar-refractivity contribution in [3.63, 3.8) is 0 Å². The Morgan fingerprint density at radius 3 is 1.50 bits per heavy atom. The first-order valence-corrected chi connectivity index (χ1v) is 20.4. The summed E-state index contributed by atoms with van der Waals surface area (Å²) in [5.74, 6) is 1.30. The van der Waals surface area contributed by atoms with E-state index in [0.717, 1.165) is 89.3 Å². The molecule has 1 aromatic heterocycles. The summed E-state index contributed by atoms with van der Waals surface area (Å²) in [6.45, 7) is 0. The lowest BCUT2D eigenvalue weighted by atomic mass is 9.92.